The van der Waals surface area contributed by atoms with E-state index in [1.165, 1.54) is 0 Å². The minimum absolute atomic E-state index is 0.136. The summed E-state index contributed by atoms with van der Waals surface area (Å²) in [7, 11) is 0. The van der Waals surface area contributed by atoms with Gasteiger partial charge in [-0.1, -0.05) is 6.07 Å². The quantitative estimate of drug-likeness (QED) is 0.788. The molecule has 1 aromatic heterocycles. The summed E-state index contributed by atoms with van der Waals surface area (Å²) in [5.74, 6) is -0.136. The van der Waals surface area contributed by atoms with Crippen LogP contribution in [0, 0.1) is 0 Å². The third-order valence-corrected chi connectivity index (χ3v) is 2.30. The minimum Gasteiger partial charge on any atom is -0.376 e. The molecule has 1 atom stereocenters. The summed E-state index contributed by atoms with van der Waals surface area (Å²) in [6.07, 6.45) is 2.94. The van der Waals surface area contributed by atoms with Crippen LogP contribution in [0.25, 0.3) is 0 Å². The van der Waals surface area contributed by atoms with Crippen LogP contribution < -0.4 is 5.32 Å². The van der Waals surface area contributed by atoms with Crippen molar-refractivity contribution in [2.45, 2.75) is 12.6 Å². The number of nitrogens with one attached hydrogen (secondary N) is 1. The van der Waals surface area contributed by atoms with Crippen molar-refractivity contribution in [1.29, 1.82) is 0 Å². The molecule has 0 unspecified atom stereocenters. The van der Waals surface area contributed by atoms with E-state index in [-0.39, 0.29) is 5.91 Å². The van der Waals surface area contributed by atoms with Gasteiger partial charge in [0.05, 0.1) is 19.8 Å². The average Bonchev–Trinajstić information content (AvgIpc) is 2.38. The van der Waals surface area contributed by atoms with Gasteiger partial charge in [-0.15, -0.1) is 0 Å². The molecule has 0 aliphatic carbocycles. The molecule has 16 heavy (non-hydrogen) atoms. The van der Waals surface area contributed by atoms with Gasteiger partial charge < -0.3 is 14.8 Å². The van der Waals surface area contributed by atoms with Crippen LogP contribution in [0.1, 0.15) is 5.56 Å². The van der Waals surface area contributed by atoms with Crippen molar-refractivity contribution in [2.24, 2.45) is 0 Å². The highest BCUT2D eigenvalue weighted by Gasteiger charge is 2.21. The molecular weight excluding hydrogens is 208 g/mol. The number of aromatic nitrogens is 1. The van der Waals surface area contributed by atoms with Crippen LogP contribution in [0.3, 0.4) is 0 Å². The molecule has 2 rings (SSSR count). The monoisotopic (exact) mass is 222 g/mol. The summed E-state index contributed by atoms with van der Waals surface area (Å²) >= 11 is 0. The maximum atomic E-state index is 11.6. The number of nitrogens with zero attached hydrogens (tertiary/aromatic N) is 1. The van der Waals surface area contributed by atoms with Gasteiger partial charge in [-0.2, -0.15) is 0 Å². The lowest BCUT2D eigenvalue weighted by Gasteiger charge is -2.21. The summed E-state index contributed by atoms with van der Waals surface area (Å²) in [5.41, 5.74) is 0.965. The Labute approximate surface area is 93.8 Å². The Kier molecular flexibility index (Phi) is 3.85. The van der Waals surface area contributed by atoms with E-state index in [4.69, 9.17) is 9.47 Å². The molecule has 0 saturated carbocycles. The van der Waals surface area contributed by atoms with E-state index < -0.39 is 6.10 Å². The number of hydrogen-bond donors (Lipinski definition) is 1. The predicted octanol–water partition coefficient (Wildman–Crippen LogP) is 0.113. The zero-order valence-electron chi connectivity index (χ0n) is 8.89. The lowest BCUT2D eigenvalue weighted by Crippen LogP contribution is -2.42. The van der Waals surface area contributed by atoms with Crippen LogP contribution in [0.2, 0.25) is 0 Å². The van der Waals surface area contributed by atoms with Gasteiger partial charge in [0.15, 0.2) is 6.10 Å². The van der Waals surface area contributed by atoms with E-state index in [0.29, 0.717) is 26.4 Å². The maximum absolute atomic E-state index is 11.6. The molecule has 2 heterocycles. The van der Waals surface area contributed by atoms with Gasteiger partial charge in [0, 0.05) is 18.9 Å². The van der Waals surface area contributed by atoms with Gasteiger partial charge in [0.1, 0.15) is 0 Å². The summed E-state index contributed by atoms with van der Waals surface area (Å²) in [4.78, 5) is 15.6. The Hall–Kier alpha value is -1.46. The Morgan fingerprint density at radius 2 is 2.50 bits per heavy atom. The highest BCUT2D eigenvalue weighted by Crippen LogP contribution is 2.01. The molecule has 0 spiro atoms. The average molecular weight is 222 g/mol. The summed E-state index contributed by atoms with van der Waals surface area (Å²) in [6, 6.07) is 3.74. The second kappa shape index (κ2) is 5.58. The Morgan fingerprint density at radius 3 is 3.19 bits per heavy atom. The van der Waals surface area contributed by atoms with Crippen molar-refractivity contribution in [3.8, 4) is 0 Å². The number of hydrogen-bond acceptors (Lipinski definition) is 4. The molecule has 0 bridgehead atoms. The first kappa shape index (κ1) is 11.0. The second-order valence-corrected chi connectivity index (χ2v) is 3.51. The molecular formula is C11H14N2O3. The van der Waals surface area contributed by atoms with Crippen LogP contribution in [-0.4, -0.2) is 36.8 Å². The van der Waals surface area contributed by atoms with Gasteiger partial charge in [-0.05, 0) is 11.6 Å². The van der Waals surface area contributed by atoms with Crippen molar-refractivity contribution >= 4 is 5.91 Å². The van der Waals surface area contributed by atoms with Crippen LogP contribution >= 0.6 is 0 Å². The third-order valence-electron chi connectivity index (χ3n) is 2.30. The molecule has 1 aromatic rings. The van der Waals surface area contributed by atoms with Crippen molar-refractivity contribution in [3.63, 3.8) is 0 Å². The first-order valence-corrected chi connectivity index (χ1v) is 5.22. The van der Waals surface area contributed by atoms with E-state index in [2.05, 4.69) is 10.3 Å². The predicted molar refractivity (Wildman–Crippen MR) is 56.6 cm³/mol. The highest BCUT2D eigenvalue weighted by atomic mass is 16.6. The topological polar surface area (TPSA) is 60.5 Å². The Bertz CT molecular complexity index is 336. The van der Waals surface area contributed by atoms with Crippen LogP contribution in [0.15, 0.2) is 24.5 Å². The van der Waals surface area contributed by atoms with Crippen LogP contribution in [-0.2, 0) is 20.8 Å². The molecule has 0 radical (unpaired) electrons. The molecule has 5 nitrogen and oxygen atoms in total. The van der Waals surface area contributed by atoms with E-state index in [0.717, 1.165) is 5.56 Å². The smallest absolute Gasteiger partial charge is 0.251 e. The zero-order valence-corrected chi connectivity index (χ0v) is 8.89. The second-order valence-electron chi connectivity index (χ2n) is 3.51. The Balaban J connectivity index is 1.79. The molecule has 1 saturated heterocycles. The van der Waals surface area contributed by atoms with Crippen molar-refractivity contribution in [1.82, 2.24) is 10.3 Å². The largest absolute Gasteiger partial charge is 0.376 e. The third kappa shape index (κ3) is 3.01. The molecule has 1 N–H and O–H groups in total. The van der Waals surface area contributed by atoms with E-state index in [1.807, 2.05) is 12.1 Å². The molecule has 1 amide bonds. The van der Waals surface area contributed by atoms with Crippen molar-refractivity contribution in [3.05, 3.63) is 30.1 Å². The van der Waals surface area contributed by atoms with Gasteiger partial charge in [0.2, 0.25) is 0 Å². The lowest BCUT2D eigenvalue weighted by molar-refractivity contribution is -0.147. The molecule has 1 aliphatic heterocycles. The molecule has 1 fully saturated rings. The Morgan fingerprint density at radius 1 is 1.56 bits per heavy atom. The first-order chi connectivity index (χ1) is 7.86. The molecule has 0 aromatic carbocycles. The fraction of sp³-hybridized carbons (Fsp3) is 0.455. The summed E-state index contributed by atoms with van der Waals surface area (Å²) in [5, 5.41) is 2.78. The highest BCUT2D eigenvalue weighted by molar-refractivity contribution is 5.80. The molecule has 5 heteroatoms. The number of ether oxygens (including phenoxy) is 2. The normalized spacial score (nSPS) is 20.4. The summed E-state index contributed by atoms with van der Waals surface area (Å²) in [6.45, 7) is 1.84. The van der Waals surface area contributed by atoms with E-state index in [1.54, 1.807) is 12.4 Å². The van der Waals surface area contributed by atoms with Crippen LogP contribution in [0.5, 0.6) is 0 Å². The first-order valence-electron chi connectivity index (χ1n) is 5.22. The number of rotatable bonds is 3. The maximum Gasteiger partial charge on any atom is 0.251 e. The van der Waals surface area contributed by atoms with E-state index >= 15 is 0 Å². The minimum atomic E-state index is -0.481. The lowest BCUT2D eigenvalue weighted by atomic mass is 10.2. The summed E-state index contributed by atoms with van der Waals surface area (Å²) < 4.78 is 10.4. The number of pyridine rings is 1. The SMILES string of the molecule is O=C(NCc1cccnc1)[C@@H]1COCCO1. The molecule has 1 aliphatic rings. The van der Waals surface area contributed by atoms with Crippen molar-refractivity contribution < 1.29 is 14.3 Å². The van der Waals surface area contributed by atoms with Gasteiger partial charge in [-0.3, -0.25) is 9.78 Å². The fourth-order valence-corrected chi connectivity index (χ4v) is 1.44. The standard InChI is InChI=1S/C11H14N2O3/c14-11(10-8-15-4-5-16-10)13-7-9-2-1-3-12-6-9/h1-3,6,10H,4-5,7-8H2,(H,13,14)/t10-/m0/s1. The van der Waals surface area contributed by atoms with Gasteiger partial charge in [-0.25, -0.2) is 0 Å². The number of carbonyl (C=O) groups is 1. The molecule has 86 valence electrons. The van der Waals surface area contributed by atoms with Gasteiger partial charge in [0.25, 0.3) is 5.91 Å². The number of amides is 1. The fourth-order valence-electron chi connectivity index (χ4n) is 1.44. The van der Waals surface area contributed by atoms with E-state index in [9.17, 15) is 4.79 Å². The zero-order chi connectivity index (χ0) is 11.2. The van der Waals surface area contributed by atoms with Crippen LogP contribution in [0.4, 0.5) is 0 Å². The van der Waals surface area contributed by atoms with Crippen molar-refractivity contribution in [2.75, 3.05) is 19.8 Å². The van der Waals surface area contributed by atoms with Gasteiger partial charge >= 0.3 is 0 Å². The number of carbonyl (C=O) groups excluding carboxylic acids is 1.